The lowest BCUT2D eigenvalue weighted by Gasteiger charge is -2.31. The zero-order valence-electron chi connectivity index (χ0n) is 14.8. The molecule has 1 atom stereocenters. The van der Waals surface area contributed by atoms with Crippen LogP contribution >= 0.6 is 23.4 Å². The molecular formula is C20H18ClN3O2S. The van der Waals surface area contributed by atoms with Crippen LogP contribution in [0.15, 0.2) is 58.2 Å². The molecule has 7 heteroatoms. The van der Waals surface area contributed by atoms with Crippen molar-refractivity contribution in [2.45, 2.75) is 30.2 Å². The summed E-state index contributed by atoms with van der Waals surface area (Å²) in [6, 6.07) is 15.3. The van der Waals surface area contributed by atoms with Gasteiger partial charge in [-0.05, 0) is 49.6 Å². The van der Waals surface area contributed by atoms with Gasteiger partial charge in [0.15, 0.2) is 0 Å². The molecule has 0 spiro atoms. The Kier molecular flexibility index (Phi) is 5.18. The maximum Gasteiger partial charge on any atom is 0.277 e. The largest absolute Gasteiger partial charge is 0.411 e. The lowest BCUT2D eigenvalue weighted by molar-refractivity contribution is -0.117. The Bertz CT molecular complexity index is 975. The number of aromatic nitrogens is 2. The van der Waals surface area contributed by atoms with Crippen molar-refractivity contribution in [2.24, 2.45) is 0 Å². The number of nitrogens with zero attached hydrogens (tertiary/aromatic N) is 3. The molecule has 2 aromatic carbocycles. The monoisotopic (exact) mass is 399 g/mol. The Morgan fingerprint density at radius 3 is 2.93 bits per heavy atom. The first kappa shape index (κ1) is 18.1. The fourth-order valence-corrected chi connectivity index (χ4v) is 4.11. The molecule has 138 valence electrons. The van der Waals surface area contributed by atoms with E-state index < -0.39 is 0 Å². The molecule has 0 bridgehead atoms. The Morgan fingerprint density at radius 2 is 2.07 bits per heavy atom. The molecule has 1 aromatic heterocycles. The van der Waals surface area contributed by atoms with E-state index in [0.29, 0.717) is 16.1 Å². The molecular weight excluding hydrogens is 382 g/mol. The summed E-state index contributed by atoms with van der Waals surface area (Å²) < 4.78 is 5.71. The molecule has 4 rings (SSSR count). The highest BCUT2D eigenvalue weighted by Gasteiger charge is 2.28. The Balaban J connectivity index is 1.48. The van der Waals surface area contributed by atoms with Gasteiger partial charge in [-0.3, -0.25) is 4.79 Å². The number of benzene rings is 2. The number of rotatable bonds is 4. The molecule has 1 aliphatic rings. The van der Waals surface area contributed by atoms with E-state index in [-0.39, 0.29) is 11.2 Å². The summed E-state index contributed by atoms with van der Waals surface area (Å²) in [7, 11) is 0. The van der Waals surface area contributed by atoms with Crippen molar-refractivity contribution in [3.05, 3.63) is 59.1 Å². The number of carbonyl (C=O) groups is 1. The third kappa shape index (κ3) is 3.87. The number of para-hydroxylation sites is 1. The average molecular weight is 400 g/mol. The van der Waals surface area contributed by atoms with Gasteiger partial charge in [-0.25, -0.2) is 0 Å². The fourth-order valence-electron chi connectivity index (χ4n) is 3.18. The van der Waals surface area contributed by atoms with Gasteiger partial charge in [0.2, 0.25) is 11.8 Å². The van der Waals surface area contributed by atoms with Gasteiger partial charge in [0.1, 0.15) is 0 Å². The first-order valence-corrected chi connectivity index (χ1v) is 10.0. The van der Waals surface area contributed by atoms with Crippen molar-refractivity contribution in [2.75, 3.05) is 11.4 Å². The number of amides is 1. The van der Waals surface area contributed by atoms with Crippen LogP contribution < -0.4 is 4.90 Å². The minimum Gasteiger partial charge on any atom is -0.411 e. The van der Waals surface area contributed by atoms with Gasteiger partial charge in [-0.1, -0.05) is 47.6 Å². The van der Waals surface area contributed by atoms with Crippen LogP contribution in [0, 0.1) is 0 Å². The smallest absolute Gasteiger partial charge is 0.277 e. The number of carbonyl (C=O) groups excluding carboxylic acids is 1. The molecule has 0 aliphatic carbocycles. The number of hydrogen-bond acceptors (Lipinski definition) is 5. The van der Waals surface area contributed by atoms with Gasteiger partial charge >= 0.3 is 0 Å². The summed E-state index contributed by atoms with van der Waals surface area (Å²) in [5, 5.41) is 8.78. The first-order chi connectivity index (χ1) is 13.1. The van der Waals surface area contributed by atoms with Gasteiger partial charge in [0.25, 0.3) is 5.22 Å². The number of anilines is 1. The van der Waals surface area contributed by atoms with Crippen molar-refractivity contribution < 1.29 is 9.21 Å². The van der Waals surface area contributed by atoms with Gasteiger partial charge in [-0.2, -0.15) is 0 Å². The van der Waals surface area contributed by atoms with Gasteiger partial charge in [-0.15, -0.1) is 10.2 Å². The zero-order chi connectivity index (χ0) is 18.8. The van der Waals surface area contributed by atoms with Crippen LogP contribution in [0.5, 0.6) is 0 Å². The van der Waals surface area contributed by atoms with Gasteiger partial charge in [0.05, 0.1) is 5.25 Å². The minimum atomic E-state index is -0.330. The standard InChI is InChI=1S/C20H18ClN3O2S/c1-13(19(25)24-11-5-8-14-6-2-3-10-17(14)24)27-20-23-22-18(26-20)15-7-4-9-16(21)12-15/h2-4,6-7,9-10,12-13H,5,8,11H2,1H3. The number of thioether (sulfide) groups is 1. The lowest BCUT2D eigenvalue weighted by Crippen LogP contribution is -2.40. The first-order valence-electron chi connectivity index (χ1n) is 8.77. The van der Waals surface area contributed by atoms with Crippen LogP contribution in [0.4, 0.5) is 5.69 Å². The van der Waals surface area contributed by atoms with Crippen LogP contribution in [0.25, 0.3) is 11.5 Å². The highest BCUT2D eigenvalue weighted by Crippen LogP contribution is 2.32. The number of hydrogen-bond donors (Lipinski definition) is 0. The Hall–Kier alpha value is -2.31. The van der Waals surface area contributed by atoms with E-state index >= 15 is 0 Å². The van der Waals surface area contributed by atoms with Crippen molar-refractivity contribution in [1.82, 2.24) is 10.2 Å². The normalized spacial score (nSPS) is 14.7. The summed E-state index contributed by atoms with van der Waals surface area (Å²) in [6.07, 6.45) is 1.98. The summed E-state index contributed by atoms with van der Waals surface area (Å²) in [6.45, 7) is 2.60. The summed E-state index contributed by atoms with van der Waals surface area (Å²) >= 11 is 7.28. The Labute approximate surface area is 166 Å². The van der Waals surface area contributed by atoms with E-state index in [9.17, 15) is 4.79 Å². The summed E-state index contributed by atoms with van der Waals surface area (Å²) in [5.74, 6) is 0.442. The fraction of sp³-hybridized carbons (Fsp3) is 0.250. The SMILES string of the molecule is CC(Sc1nnc(-c2cccc(Cl)c2)o1)C(=O)N1CCCc2ccccc21. The third-order valence-corrected chi connectivity index (χ3v) is 5.64. The molecule has 0 N–H and O–H groups in total. The lowest BCUT2D eigenvalue weighted by atomic mass is 10.0. The molecule has 0 fully saturated rings. The second kappa shape index (κ2) is 7.74. The van der Waals surface area contributed by atoms with E-state index in [1.807, 2.05) is 42.2 Å². The molecule has 0 radical (unpaired) electrons. The van der Waals surface area contributed by atoms with E-state index in [2.05, 4.69) is 16.3 Å². The number of halogens is 1. The summed E-state index contributed by atoms with van der Waals surface area (Å²) in [5.41, 5.74) is 2.98. The van der Waals surface area contributed by atoms with Crippen molar-refractivity contribution in [1.29, 1.82) is 0 Å². The van der Waals surface area contributed by atoms with Crippen molar-refractivity contribution in [3.8, 4) is 11.5 Å². The van der Waals surface area contributed by atoms with Crippen LogP contribution in [0.1, 0.15) is 18.9 Å². The van der Waals surface area contributed by atoms with Gasteiger partial charge < -0.3 is 9.32 Å². The average Bonchev–Trinajstić information content (AvgIpc) is 3.15. The van der Waals surface area contributed by atoms with Crippen LogP contribution in [0.2, 0.25) is 5.02 Å². The summed E-state index contributed by atoms with van der Waals surface area (Å²) in [4.78, 5) is 14.9. The topological polar surface area (TPSA) is 59.2 Å². The van der Waals surface area contributed by atoms with E-state index in [0.717, 1.165) is 30.6 Å². The molecule has 5 nitrogen and oxygen atoms in total. The zero-order valence-corrected chi connectivity index (χ0v) is 16.3. The highest BCUT2D eigenvalue weighted by atomic mass is 35.5. The molecule has 0 saturated heterocycles. The second-order valence-electron chi connectivity index (χ2n) is 6.37. The molecule has 27 heavy (non-hydrogen) atoms. The Morgan fingerprint density at radius 1 is 1.22 bits per heavy atom. The minimum absolute atomic E-state index is 0.0506. The van der Waals surface area contributed by atoms with E-state index in [4.69, 9.17) is 16.0 Å². The maximum absolute atomic E-state index is 13.0. The molecule has 0 saturated carbocycles. The number of aryl methyl sites for hydroxylation is 1. The van der Waals surface area contributed by atoms with E-state index in [1.165, 1.54) is 17.3 Å². The highest BCUT2D eigenvalue weighted by molar-refractivity contribution is 8.00. The molecule has 1 unspecified atom stereocenters. The van der Waals surface area contributed by atoms with E-state index in [1.54, 1.807) is 12.1 Å². The second-order valence-corrected chi connectivity index (χ2v) is 8.09. The molecule has 1 amide bonds. The molecule has 2 heterocycles. The molecule has 1 aliphatic heterocycles. The maximum atomic E-state index is 13.0. The van der Waals surface area contributed by atoms with Gasteiger partial charge in [0, 0.05) is 22.8 Å². The van der Waals surface area contributed by atoms with Crippen LogP contribution in [0.3, 0.4) is 0 Å². The quantitative estimate of drug-likeness (QED) is 0.587. The predicted molar refractivity (Wildman–Crippen MR) is 107 cm³/mol. The van der Waals surface area contributed by atoms with Crippen LogP contribution in [-0.2, 0) is 11.2 Å². The third-order valence-electron chi connectivity index (χ3n) is 4.48. The predicted octanol–water partition coefficient (Wildman–Crippen LogP) is 4.85. The van der Waals surface area contributed by atoms with Crippen LogP contribution in [-0.4, -0.2) is 27.9 Å². The van der Waals surface area contributed by atoms with Crippen molar-refractivity contribution in [3.63, 3.8) is 0 Å². The number of fused-ring (bicyclic) bond motifs is 1. The van der Waals surface area contributed by atoms with Crippen molar-refractivity contribution >= 4 is 35.0 Å². The molecule has 3 aromatic rings.